The van der Waals surface area contributed by atoms with Crippen molar-refractivity contribution in [2.45, 2.75) is 25.3 Å². The Morgan fingerprint density at radius 3 is 2.67 bits per heavy atom. The maximum atomic E-state index is 12.2. The molecule has 6 heteroatoms. The van der Waals surface area contributed by atoms with Crippen molar-refractivity contribution >= 4 is 23.2 Å². The minimum absolute atomic E-state index is 0.0119. The third kappa shape index (κ3) is 4.04. The second kappa shape index (κ2) is 7.04. The number of carbonyl (C=O) groups is 2. The van der Waals surface area contributed by atoms with Crippen molar-refractivity contribution in [3.63, 3.8) is 0 Å². The highest BCUT2D eigenvalue weighted by Gasteiger charge is 2.34. The first-order valence-corrected chi connectivity index (χ1v) is 8.07. The summed E-state index contributed by atoms with van der Waals surface area (Å²) >= 11 is 1.68. The van der Waals surface area contributed by atoms with Crippen LogP contribution < -0.4 is 5.32 Å². The van der Waals surface area contributed by atoms with Crippen molar-refractivity contribution in [3.8, 4) is 0 Å². The molecule has 3 atom stereocenters. The van der Waals surface area contributed by atoms with E-state index in [0.717, 1.165) is 0 Å². The van der Waals surface area contributed by atoms with E-state index < -0.39 is 5.97 Å². The molecule has 1 saturated carbocycles. The molecule has 0 bridgehead atoms. The summed E-state index contributed by atoms with van der Waals surface area (Å²) in [6.45, 7) is 0.556. The molecule has 2 rings (SSSR count). The number of nitrogens with zero attached hydrogens (tertiary/aromatic N) is 1. The lowest BCUT2D eigenvalue weighted by Gasteiger charge is -2.24. The lowest BCUT2D eigenvalue weighted by molar-refractivity contribution is -0.141. The largest absolute Gasteiger partial charge is 0.481 e. The van der Waals surface area contributed by atoms with E-state index in [1.54, 1.807) is 11.3 Å². The van der Waals surface area contributed by atoms with E-state index in [4.69, 9.17) is 5.11 Å². The molecule has 21 heavy (non-hydrogen) atoms. The molecular weight excluding hydrogens is 288 g/mol. The minimum atomic E-state index is -0.782. The van der Waals surface area contributed by atoms with Gasteiger partial charge in [-0.1, -0.05) is 6.07 Å². The van der Waals surface area contributed by atoms with Gasteiger partial charge in [0.25, 0.3) is 0 Å². The number of hydrogen-bond acceptors (Lipinski definition) is 4. The Morgan fingerprint density at radius 2 is 2.14 bits per heavy atom. The van der Waals surface area contributed by atoms with Gasteiger partial charge >= 0.3 is 5.97 Å². The number of thiophene rings is 1. The molecule has 1 fully saturated rings. The van der Waals surface area contributed by atoms with Crippen LogP contribution in [0.4, 0.5) is 0 Å². The van der Waals surface area contributed by atoms with Crippen molar-refractivity contribution in [2.24, 2.45) is 11.8 Å². The lowest BCUT2D eigenvalue weighted by atomic mass is 10.0. The molecule has 2 N–H and O–H groups in total. The number of amides is 1. The fourth-order valence-electron chi connectivity index (χ4n) is 2.80. The molecule has 1 aliphatic rings. The molecule has 0 spiro atoms. The SMILES string of the molecule is CN(C)C(CNC(=O)[C@@H]1CC[C@H](C(=O)O)C1)c1cccs1. The molecule has 0 saturated heterocycles. The van der Waals surface area contributed by atoms with E-state index in [1.807, 2.05) is 25.5 Å². The van der Waals surface area contributed by atoms with Crippen LogP contribution >= 0.6 is 11.3 Å². The second-order valence-electron chi connectivity index (χ2n) is 5.79. The second-order valence-corrected chi connectivity index (χ2v) is 6.76. The maximum absolute atomic E-state index is 12.2. The quantitative estimate of drug-likeness (QED) is 0.843. The Balaban J connectivity index is 1.87. The number of likely N-dealkylation sites (N-methyl/N-ethyl adjacent to an activating group) is 1. The van der Waals surface area contributed by atoms with Gasteiger partial charge in [0.05, 0.1) is 12.0 Å². The van der Waals surface area contributed by atoms with Gasteiger partial charge in [-0.05, 0) is 44.8 Å². The number of carboxylic acids is 1. The fourth-order valence-corrected chi connectivity index (χ4v) is 3.73. The fraction of sp³-hybridized carbons (Fsp3) is 0.600. The number of carbonyl (C=O) groups excluding carboxylic acids is 1. The molecule has 1 amide bonds. The summed E-state index contributed by atoms with van der Waals surface area (Å²) in [6.07, 6.45) is 1.75. The molecule has 116 valence electrons. The number of carboxylic acid groups (broad SMARTS) is 1. The van der Waals surface area contributed by atoms with Gasteiger partial charge in [0, 0.05) is 17.3 Å². The van der Waals surface area contributed by atoms with Gasteiger partial charge in [0.2, 0.25) is 5.91 Å². The number of rotatable bonds is 6. The van der Waals surface area contributed by atoms with E-state index in [0.29, 0.717) is 25.8 Å². The zero-order chi connectivity index (χ0) is 15.4. The molecule has 1 aromatic rings. The molecule has 1 aliphatic carbocycles. The number of hydrogen-bond donors (Lipinski definition) is 2. The van der Waals surface area contributed by atoms with Crippen LogP contribution in [0.15, 0.2) is 17.5 Å². The Kier molecular flexibility index (Phi) is 5.36. The maximum Gasteiger partial charge on any atom is 0.306 e. The average Bonchev–Trinajstić information content (AvgIpc) is 3.09. The highest BCUT2D eigenvalue weighted by atomic mass is 32.1. The molecule has 5 nitrogen and oxygen atoms in total. The van der Waals surface area contributed by atoms with Crippen molar-refractivity contribution in [3.05, 3.63) is 22.4 Å². The van der Waals surface area contributed by atoms with E-state index in [9.17, 15) is 9.59 Å². The average molecular weight is 310 g/mol. The first kappa shape index (κ1) is 16.0. The van der Waals surface area contributed by atoms with E-state index in [-0.39, 0.29) is 23.8 Å². The third-order valence-electron chi connectivity index (χ3n) is 4.12. The summed E-state index contributed by atoms with van der Waals surface area (Å²) in [6, 6.07) is 4.23. The van der Waals surface area contributed by atoms with Crippen LogP contribution in [0.2, 0.25) is 0 Å². The lowest BCUT2D eigenvalue weighted by Crippen LogP contribution is -2.37. The molecule has 0 aromatic carbocycles. The topological polar surface area (TPSA) is 69.6 Å². The zero-order valence-electron chi connectivity index (χ0n) is 12.4. The highest BCUT2D eigenvalue weighted by Crippen LogP contribution is 2.31. The minimum Gasteiger partial charge on any atom is -0.481 e. The molecule has 1 heterocycles. The molecule has 1 aromatic heterocycles. The van der Waals surface area contributed by atoms with Gasteiger partial charge in [-0.2, -0.15) is 0 Å². The van der Waals surface area contributed by atoms with Crippen LogP contribution in [0.1, 0.15) is 30.2 Å². The highest BCUT2D eigenvalue weighted by molar-refractivity contribution is 7.10. The van der Waals surface area contributed by atoms with E-state index >= 15 is 0 Å². The van der Waals surface area contributed by atoms with Gasteiger partial charge in [0.15, 0.2) is 0 Å². The smallest absolute Gasteiger partial charge is 0.306 e. The Labute approximate surface area is 129 Å². The van der Waals surface area contributed by atoms with Crippen LogP contribution in [0.5, 0.6) is 0 Å². The third-order valence-corrected chi connectivity index (χ3v) is 5.09. The predicted molar refractivity (Wildman–Crippen MR) is 82.2 cm³/mol. The van der Waals surface area contributed by atoms with Crippen LogP contribution in [0.25, 0.3) is 0 Å². The standard InChI is InChI=1S/C15H22N2O3S/c1-17(2)12(13-4-3-7-21-13)9-16-14(18)10-5-6-11(8-10)15(19)20/h3-4,7,10-12H,5-6,8-9H2,1-2H3,(H,16,18)(H,19,20)/t10-,11+,12?/m1/s1. The molecule has 0 radical (unpaired) electrons. The normalized spacial score (nSPS) is 23.2. The summed E-state index contributed by atoms with van der Waals surface area (Å²) < 4.78 is 0. The number of nitrogens with one attached hydrogen (secondary N) is 1. The summed E-state index contributed by atoms with van der Waals surface area (Å²) in [7, 11) is 3.99. The Hall–Kier alpha value is -1.40. The van der Waals surface area contributed by atoms with Crippen molar-refractivity contribution in [2.75, 3.05) is 20.6 Å². The van der Waals surface area contributed by atoms with Gasteiger partial charge in [0.1, 0.15) is 0 Å². The Bertz CT molecular complexity index is 487. The summed E-state index contributed by atoms with van der Waals surface area (Å²) in [5.41, 5.74) is 0. The molecule has 1 unspecified atom stereocenters. The first-order valence-electron chi connectivity index (χ1n) is 7.19. The summed E-state index contributed by atoms with van der Waals surface area (Å²) in [4.78, 5) is 26.4. The zero-order valence-corrected chi connectivity index (χ0v) is 13.2. The van der Waals surface area contributed by atoms with Crippen LogP contribution in [0.3, 0.4) is 0 Å². The van der Waals surface area contributed by atoms with Crippen LogP contribution in [-0.2, 0) is 9.59 Å². The van der Waals surface area contributed by atoms with E-state index in [2.05, 4.69) is 16.3 Å². The molecular formula is C15H22N2O3S. The monoisotopic (exact) mass is 310 g/mol. The van der Waals surface area contributed by atoms with Gasteiger partial charge in [-0.25, -0.2) is 0 Å². The van der Waals surface area contributed by atoms with Gasteiger partial charge in [-0.15, -0.1) is 11.3 Å². The van der Waals surface area contributed by atoms with Crippen LogP contribution in [-0.4, -0.2) is 42.5 Å². The van der Waals surface area contributed by atoms with Crippen molar-refractivity contribution in [1.29, 1.82) is 0 Å². The Morgan fingerprint density at radius 1 is 1.43 bits per heavy atom. The van der Waals surface area contributed by atoms with Crippen LogP contribution in [0, 0.1) is 11.8 Å². The summed E-state index contributed by atoms with van der Waals surface area (Å²) in [5, 5.41) is 14.0. The number of aliphatic carboxylic acids is 1. The van der Waals surface area contributed by atoms with E-state index in [1.165, 1.54) is 4.88 Å². The van der Waals surface area contributed by atoms with Crippen molar-refractivity contribution in [1.82, 2.24) is 10.2 Å². The van der Waals surface area contributed by atoms with Crippen molar-refractivity contribution < 1.29 is 14.7 Å². The molecule has 0 aliphatic heterocycles. The van der Waals surface area contributed by atoms with Gasteiger partial charge < -0.3 is 15.3 Å². The van der Waals surface area contributed by atoms with Gasteiger partial charge in [-0.3, -0.25) is 9.59 Å². The first-order chi connectivity index (χ1) is 9.99. The summed E-state index contributed by atoms with van der Waals surface area (Å²) in [5.74, 6) is -1.31. The predicted octanol–water partition coefficient (Wildman–Crippen LogP) is 1.97.